The Balaban J connectivity index is 0. The zero-order valence-electron chi connectivity index (χ0n) is 22.7. The molecule has 0 aromatic carbocycles. The van der Waals surface area contributed by atoms with Gasteiger partial charge in [0.15, 0.2) is 0 Å². The molecule has 0 heterocycles. The first-order valence-electron chi connectivity index (χ1n) is 13.2. The Bertz CT molecular complexity index is 414. The molecule has 0 radical (unpaired) electrons. The fraction of sp³-hybridized carbons (Fsp3) is 1.00. The topological polar surface area (TPSA) is 53.7 Å². The highest BCUT2D eigenvalue weighted by atomic mass is 35.5. The lowest BCUT2D eigenvalue weighted by Gasteiger charge is -2.50. The highest BCUT2D eigenvalue weighted by molar-refractivity contribution is 6.64. The van der Waals surface area contributed by atoms with Gasteiger partial charge in [-0.2, -0.15) is 0 Å². The molecular formula is C26H58ClNO3Si. The molecular weight excluding hydrogens is 438 g/mol. The zero-order valence-corrected chi connectivity index (χ0v) is 24.5. The predicted molar refractivity (Wildman–Crippen MR) is 145 cm³/mol. The summed E-state index contributed by atoms with van der Waals surface area (Å²) in [5.74, 6) is 0. The summed E-state index contributed by atoms with van der Waals surface area (Å²) in [6, 6.07) is 0. The first-order chi connectivity index (χ1) is 14.8. The van der Waals surface area contributed by atoms with Gasteiger partial charge in [-0.05, 0) is 18.3 Å². The Hall–Kier alpha value is 0.347. The largest absolute Gasteiger partial charge is 0.521 e. The van der Waals surface area contributed by atoms with Gasteiger partial charge in [-0.25, -0.2) is 0 Å². The number of hydrogen-bond donors (Lipinski definition) is 1. The van der Waals surface area contributed by atoms with E-state index in [9.17, 15) is 0 Å². The highest BCUT2D eigenvalue weighted by Crippen LogP contribution is 2.43. The first-order valence-corrected chi connectivity index (χ1v) is 15.0. The SMILES string of the molecule is CCCCCCCCCCCCCCCCCC(C)(C)C(N)(CC)[Si](OC)(OC)OC.Cl. The molecule has 0 saturated heterocycles. The Kier molecular flexibility index (Phi) is 21.2. The van der Waals surface area contributed by atoms with Crippen LogP contribution < -0.4 is 5.73 Å². The third kappa shape index (κ3) is 11.2. The number of rotatable bonds is 22. The van der Waals surface area contributed by atoms with E-state index < -0.39 is 14.0 Å². The summed E-state index contributed by atoms with van der Waals surface area (Å²) < 4.78 is 17.3. The summed E-state index contributed by atoms with van der Waals surface area (Å²) in [5.41, 5.74) is 6.83. The van der Waals surface area contributed by atoms with Crippen LogP contribution in [0, 0.1) is 5.41 Å². The van der Waals surface area contributed by atoms with Crippen LogP contribution in [0.3, 0.4) is 0 Å². The highest BCUT2D eigenvalue weighted by Gasteiger charge is 2.63. The normalized spacial score (nSPS) is 14.2. The smallest absolute Gasteiger partial charge is 0.376 e. The van der Waals surface area contributed by atoms with Crippen LogP contribution in [0.25, 0.3) is 0 Å². The van der Waals surface area contributed by atoms with Gasteiger partial charge >= 0.3 is 8.80 Å². The van der Waals surface area contributed by atoms with Crippen molar-refractivity contribution in [2.24, 2.45) is 11.1 Å². The Morgan fingerprint density at radius 1 is 0.594 bits per heavy atom. The van der Waals surface area contributed by atoms with Crippen molar-refractivity contribution in [2.75, 3.05) is 21.3 Å². The maximum absolute atomic E-state index is 6.93. The lowest BCUT2D eigenvalue weighted by atomic mass is 9.78. The van der Waals surface area contributed by atoms with Gasteiger partial charge in [0, 0.05) is 21.3 Å². The number of nitrogens with two attached hydrogens (primary N) is 1. The quantitative estimate of drug-likeness (QED) is 0.121. The minimum absolute atomic E-state index is 0. The average Bonchev–Trinajstić information content (AvgIpc) is 2.77. The van der Waals surface area contributed by atoms with E-state index in [-0.39, 0.29) is 17.8 Å². The van der Waals surface area contributed by atoms with Gasteiger partial charge in [0.2, 0.25) is 0 Å². The molecule has 4 nitrogen and oxygen atoms in total. The summed E-state index contributed by atoms with van der Waals surface area (Å²) in [7, 11) is 2.06. The molecule has 0 aromatic rings. The van der Waals surface area contributed by atoms with Crippen LogP contribution in [0.4, 0.5) is 0 Å². The van der Waals surface area contributed by atoms with Gasteiger partial charge in [-0.1, -0.05) is 124 Å². The van der Waals surface area contributed by atoms with Crippen molar-refractivity contribution in [3.8, 4) is 0 Å². The lowest BCUT2D eigenvalue weighted by molar-refractivity contribution is 0.0458. The van der Waals surface area contributed by atoms with Gasteiger partial charge in [0.25, 0.3) is 0 Å². The van der Waals surface area contributed by atoms with Gasteiger partial charge in [-0.15, -0.1) is 12.4 Å². The van der Waals surface area contributed by atoms with Crippen molar-refractivity contribution < 1.29 is 13.3 Å². The van der Waals surface area contributed by atoms with Crippen LogP contribution in [0.1, 0.15) is 137 Å². The molecule has 6 heteroatoms. The Morgan fingerprint density at radius 3 is 1.19 bits per heavy atom. The van der Waals surface area contributed by atoms with Crippen LogP contribution in [0.15, 0.2) is 0 Å². The van der Waals surface area contributed by atoms with E-state index in [1.165, 1.54) is 96.3 Å². The van der Waals surface area contributed by atoms with Crippen molar-refractivity contribution in [1.82, 2.24) is 0 Å². The van der Waals surface area contributed by atoms with E-state index in [1.54, 1.807) is 21.3 Å². The van der Waals surface area contributed by atoms with E-state index in [0.717, 1.165) is 12.8 Å². The standard InChI is InChI=1S/C26H57NO3Si.ClH/c1-8-10-11-12-13-14-15-16-17-18-19-20-21-22-23-24-25(3,4)26(27,9-2)31(28-5,29-6)30-7;/h8-24,27H2,1-7H3;1H. The molecule has 0 amide bonds. The first kappa shape index (κ1) is 34.5. The van der Waals surface area contributed by atoms with Crippen LogP contribution in [-0.4, -0.2) is 35.3 Å². The predicted octanol–water partition coefficient (Wildman–Crippen LogP) is 8.22. The molecule has 0 aliphatic rings. The number of hydrogen-bond acceptors (Lipinski definition) is 4. The molecule has 0 saturated carbocycles. The van der Waals surface area contributed by atoms with Crippen molar-refractivity contribution in [3.63, 3.8) is 0 Å². The van der Waals surface area contributed by atoms with Crippen LogP contribution in [0.2, 0.25) is 0 Å². The van der Waals surface area contributed by atoms with Crippen molar-refractivity contribution >= 4 is 21.2 Å². The fourth-order valence-corrected chi connectivity index (χ4v) is 8.05. The summed E-state index contributed by atoms with van der Waals surface area (Å²) in [6.07, 6.45) is 22.7. The van der Waals surface area contributed by atoms with Gasteiger partial charge in [-0.3, -0.25) is 0 Å². The lowest BCUT2D eigenvalue weighted by Crippen LogP contribution is -2.74. The average molecular weight is 496 g/mol. The number of unbranched alkanes of at least 4 members (excludes halogenated alkanes) is 14. The minimum atomic E-state index is -2.94. The van der Waals surface area contributed by atoms with Crippen LogP contribution in [-0.2, 0) is 13.3 Å². The summed E-state index contributed by atoms with van der Waals surface area (Å²) in [6.45, 7) is 8.90. The second kappa shape index (κ2) is 19.6. The molecule has 0 rings (SSSR count). The maximum Gasteiger partial charge on any atom is 0.521 e. The minimum Gasteiger partial charge on any atom is -0.376 e. The summed E-state index contributed by atoms with van der Waals surface area (Å²) in [5, 5.41) is -0.589. The van der Waals surface area contributed by atoms with Crippen molar-refractivity contribution in [1.29, 1.82) is 0 Å². The molecule has 32 heavy (non-hydrogen) atoms. The molecule has 0 fully saturated rings. The third-order valence-electron chi connectivity index (χ3n) is 7.52. The van der Waals surface area contributed by atoms with E-state index in [4.69, 9.17) is 19.0 Å². The molecule has 1 unspecified atom stereocenters. The van der Waals surface area contributed by atoms with Gasteiger partial charge in [0.1, 0.15) is 0 Å². The Labute approximate surface area is 208 Å². The molecule has 1 atom stereocenters. The van der Waals surface area contributed by atoms with E-state index in [2.05, 4.69) is 27.7 Å². The Morgan fingerprint density at radius 2 is 0.906 bits per heavy atom. The van der Waals surface area contributed by atoms with Crippen molar-refractivity contribution in [2.45, 2.75) is 142 Å². The molecule has 0 aliphatic heterocycles. The van der Waals surface area contributed by atoms with Gasteiger partial charge in [0.05, 0.1) is 5.16 Å². The summed E-state index contributed by atoms with van der Waals surface area (Å²) >= 11 is 0. The maximum atomic E-state index is 6.93. The van der Waals surface area contributed by atoms with Crippen LogP contribution >= 0.6 is 12.4 Å². The van der Waals surface area contributed by atoms with E-state index in [0.29, 0.717) is 0 Å². The summed E-state index contributed by atoms with van der Waals surface area (Å²) in [4.78, 5) is 0. The second-order valence-corrected chi connectivity index (χ2v) is 13.3. The van der Waals surface area contributed by atoms with E-state index >= 15 is 0 Å². The molecule has 196 valence electrons. The monoisotopic (exact) mass is 495 g/mol. The third-order valence-corrected chi connectivity index (χ3v) is 11.3. The fourth-order valence-electron chi connectivity index (χ4n) is 5.07. The molecule has 2 N–H and O–H groups in total. The van der Waals surface area contributed by atoms with Gasteiger partial charge < -0.3 is 19.0 Å². The van der Waals surface area contributed by atoms with Crippen LogP contribution in [0.5, 0.6) is 0 Å². The molecule has 0 bridgehead atoms. The van der Waals surface area contributed by atoms with Crippen molar-refractivity contribution in [3.05, 3.63) is 0 Å². The molecule has 0 aliphatic carbocycles. The number of halogens is 1. The second-order valence-electron chi connectivity index (χ2n) is 10.1. The molecule has 0 aromatic heterocycles. The zero-order chi connectivity index (χ0) is 23.6. The molecule has 0 spiro atoms. The van der Waals surface area contributed by atoms with E-state index in [1.807, 2.05) is 0 Å².